The summed E-state index contributed by atoms with van der Waals surface area (Å²) < 4.78 is 4.58. The van der Waals surface area contributed by atoms with Crippen LogP contribution in [0.25, 0.3) is 0 Å². The average molecular weight is 389 g/mol. The predicted molar refractivity (Wildman–Crippen MR) is 91.6 cm³/mol. The Kier molecular flexibility index (Phi) is 9.25. The number of carboxylic acid groups (broad SMARTS) is 1. The molecular weight excluding hydrogens is 365 g/mol. The number of benzene rings is 1. The van der Waals surface area contributed by atoms with Crippen molar-refractivity contribution < 1.29 is 50.2 Å². The van der Waals surface area contributed by atoms with Gasteiger partial charge in [0.15, 0.2) is 6.29 Å². The van der Waals surface area contributed by atoms with Gasteiger partial charge in [-0.05, 0) is 17.4 Å². The fourth-order valence-corrected chi connectivity index (χ4v) is 2.25. The maximum absolute atomic E-state index is 10.5. The first-order valence-electron chi connectivity index (χ1n) is 8.00. The molecule has 1 fully saturated rings. The Balaban J connectivity index is 0.000000277. The highest BCUT2D eigenvalue weighted by Gasteiger charge is 2.42. The monoisotopic (exact) mass is 389 g/mol. The van der Waals surface area contributed by atoms with E-state index in [2.05, 4.69) is 4.74 Å². The van der Waals surface area contributed by atoms with Crippen LogP contribution in [0.2, 0.25) is 0 Å². The summed E-state index contributed by atoms with van der Waals surface area (Å²) in [5, 5.41) is 70.9. The summed E-state index contributed by atoms with van der Waals surface area (Å²) in [5.74, 6) is -1.05. The van der Waals surface area contributed by atoms with Crippen molar-refractivity contribution in [2.45, 2.75) is 43.2 Å². The van der Waals surface area contributed by atoms with Gasteiger partial charge in [0, 0.05) is 0 Å². The Labute approximate surface area is 155 Å². The lowest BCUT2D eigenvalue weighted by Crippen LogP contribution is -2.58. The lowest BCUT2D eigenvalue weighted by molar-refractivity contribution is -0.286. The molecule has 1 aliphatic rings. The van der Waals surface area contributed by atoms with E-state index < -0.39 is 56.4 Å². The first-order valence-corrected chi connectivity index (χ1v) is 8.00. The van der Waals surface area contributed by atoms with Gasteiger partial charge in [0.05, 0.1) is 6.61 Å². The number of aliphatic hydroxyl groups excluding tert-OH is 5. The number of carboxylic acids is 1. The molecule has 1 aromatic rings. The van der Waals surface area contributed by atoms with Crippen molar-refractivity contribution in [1.29, 1.82) is 0 Å². The third-order valence-corrected chi connectivity index (χ3v) is 3.92. The molecule has 0 radical (unpaired) electrons. The van der Waals surface area contributed by atoms with E-state index >= 15 is 0 Å². The molecule has 0 bridgehead atoms. The molecule has 1 heterocycles. The Bertz CT molecular complexity index is 582. The molecule has 1 aromatic carbocycles. The van der Waals surface area contributed by atoms with Crippen molar-refractivity contribution in [3.63, 3.8) is 0 Å². The van der Waals surface area contributed by atoms with Crippen molar-refractivity contribution in [2.24, 2.45) is 5.73 Å². The topological polar surface area (TPSA) is 214 Å². The van der Waals surface area contributed by atoms with Gasteiger partial charge in [-0.3, -0.25) is 4.79 Å². The molecule has 0 aliphatic carbocycles. The van der Waals surface area contributed by atoms with Gasteiger partial charge in [-0.1, -0.05) is 24.3 Å². The third-order valence-electron chi connectivity index (χ3n) is 3.92. The van der Waals surface area contributed by atoms with Crippen molar-refractivity contribution in [1.82, 2.24) is 0 Å². The van der Waals surface area contributed by atoms with Crippen LogP contribution >= 0.6 is 0 Å². The molecule has 1 unspecified atom stereocenters. The highest BCUT2D eigenvalue weighted by molar-refractivity contribution is 6.58. The second-order valence-electron chi connectivity index (χ2n) is 5.98. The number of aliphatic hydroxyl groups is 5. The largest absolute Gasteiger partial charge is 0.488 e. The van der Waals surface area contributed by atoms with Crippen LogP contribution in [0.4, 0.5) is 0 Å². The first-order chi connectivity index (χ1) is 12.6. The molecule has 0 saturated carbocycles. The van der Waals surface area contributed by atoms with E-state index in [1.807, 2.05) is 0 Å². The third kappa shape index (κ3) is 6.81. The molecule has 0 amide bonds. The van der Waals surface area contributed by atoms with Crippen LogP contribution in [0.3, 0.4) is 0 Å². The fraction of sp³-hybridized carbons (Fsp3) is 0.533. The number of ether oxygens (including phenoxy) is 1. The smallest absolute Gasteiger partial charge is 0.480 e. The maximum atomic E-state index is 10.5. The minimum absolute atomic E-state index is 0.219. The molecule has 152 valence electrons. The van der Waals surface area contributed by atoms with E-state index in [1.165, 1.54) is 12.1 Å². The van der Waals surface area contributed by atoms with Gasteiger partial charge < -0.3 is 51.2 Å². The summed E-state index contributed by atoms with van der Waals surface area (Å²) in [7, 11) is -1.51. The van der Waals surface area contributed by atoms with Gasteiger partial charge in [0.2, 0.25) is 0 Å². The molecule has 1 saturated heterocycles. The molecule has 6 atom stereocenters. The number of aliphatic carboxylic acids is 1. The van der Waals surface area contributed by atoms with Gasteiger partial charge in [0.1, 0.15) is 30.5 Å². The van der Waals surface area contributed by atoms with Gasteiger partial charge in [-0.25, -0.2) is 0 Å². The fourth-order valence-electron chi connectivity index (χ4n) is 2.25. The van der Waals surface area contributed by atoms with Gasteiger partial charge >= 0.3 is 13.1 Å². The molecule has 11 nitrogen and oxygen atoms in total. The summed E-state index contributed by atoms with van der Waals surface area (Å²) in [6, 6.07) is 5.35. The summed E-state index contributed by atoms with van der Waals surface area (Å²) in [6.07, 6.45) is -6.82. The Morgan fingerprint density at radius 3 is 2.07 bits per heavy atom. The summed E-state index contributed by atoms with van der Waals surface area (Å²) >= 11 is 0. The summed E-state index contributed by atoms with van der Waals surface area (Å²) in [4.78, 5) is 10.5. The number of hydrogen-bond donors (Lipinski definition) is 9. The number of rotatable bonds is 5. The van der Waals surface area contributed by atoms with Gasteiger partial charge in [-0.15, -0.1) is 0 Å². The zero-order valence-electron chi connectivity index (χ0n) is 14.2. The Morgan fingerprint density at radius 2 is 1.63 bits per heavy atom. The minimum Gasteiger partial charge on any atom is -0.480 e. The minimum atomic E-state index is -1.57. The summed E-state index contributed by atoms with van der Waals surface area (Å²) in [6.45, 7) is -0.526. The van der Waals surface area contributed by atoms with Crippen LogP contribution in [-0.4, -0.2) is 97.1 Å². The van der Waals surface area contributed by atoms with Crippen molar-refractivity contribution in [3.8, 4) is 0 Å². The van der Waals surface area contributed by atoms with E-state index in [1.54, 1.807) is 12.1 Å². The van der Waals surface area contributed by atoms with Crippen LogP contribution in [0.15, 0.2) is 24.3 Å². The molecule has 1 aliphatic heterocycles. The SMILES string of the molecule is N[C@@H](Cc1ccc(B(O)O)cc1)C(=O)O.OC[C@H]1OC(O)[C@H](O)[C@@H](O)[C@@H]1O. The molecule has 27 heavy (non-hydrogen) atoms. The van der Waals surface area contributed by atoms with E-state index in [0.29, 0.717) is 5.46 Å². The quantitative estimate of drug-likeness (QED) is 0.218. The predicted octanol–water partition coefficient (Wildman–Crippen LogP) is -4.90. The van der Waals surface area contributed by atoms with Gasteiger partial charge in [-0.2, -0.15) is 0 Å². The molecule has 0 aromatic heterocycles. The molecular formula is C15H24BNO10. The Hall–Kier alpha value is -1.61. The van der Waals surface area contributed by atoms with Crippen LogP contribution in [0, 0.1) is 0 Å². The summed E-state index contributed by atoms with van der Waals surface area (Å²) in [5.41, 5.74) is 6.46. The van der Waals surface area contributed by atoms with Crippen LogP contribution < -0.4 is 11.2 Å². The molecule has 0 spiro atoms. The van der Waals surface area contributed by atoms with Crippen LogP contribution in [0.5, 0.6) is 0 Å². The van der Waals surface area contributed by atoms with Gasteiger partial charge in [0.25, 0.3) is 0 Å². The lowest BCUT2D eigenvalue weighted by Gasteiger charge is -2.37. The number of nitrogens with two attached hydrogens (primary N) is 1. The number of carbonyl (C=O) groups is 1. The molecule has 2 rings (SSSR count). The second-order valence-corrected chi connectivity index (χ2v) is 5.98. The zero-order valence-corrected chi connectivity index (χ0v) is 14.2. The second kappa shape index (κ2) is 10.7. The van der Waals surface area contributed by atoms with E-state index in [9.17, 15) is 4.79 Å². The van der Waals surface area contributed by atoms with E-state index in [-0.39, 0.29) is 6.42 Å². The maximum Gasteiger partial charge on any atom is 0.488 e. The van der Waals surface area contributed by atoms with Crippen molar-refractivity contribution >= 4 is 18.6 Å². The molecule has 10 N–H and O–H groups in total. The highest BCUT2D eigenvalue weighted by atomic mass is 16.6. The van der Waals surface area contributed by atoms with Crippen molar-refractivity contribution in [3.05, 3.63) is 29.8 Å². The van der Waals surface area contributed by atoms with Crippen LogP contribution in [-0.2, 0) is 16.0 Å². The van der Waals surface area contributed by atoms with E-state index in [4.69, 9.17) is 46.4 Å². The van der Waals surface area contributed by atoms with Crippen LogP contribution in [0.1, 0.15) is 5.56 Å². The number of hydrogen-bond acceptors (Lipinski definition) is 10. The lowest BCUT2D eigenvalue weighted by atomic mass is 9.80. The zero-order chi connectivity index (χ0) is 20.7. The first kappa shape index (κ1) is 23.4. The standard InChI is InChI=1S/C9H12BNO4.C6H12O6/c11-8(9(12)13)5-6-1-3-7(4-2-6)10(14)15;7-1-2-3(8)4(9)5(10)6(11)12-2/h1-4,8,14-15H,5,11H2,(H,12,13);2-11H,1H2/t8-;2-,3-,4+,5-,6?/m01/s1. The van der Waals surface area contributed by atoms with E-state index in [0.717, 1.165) is 5.56 Å². The highest BCUT2D eigenvalue weighted by Crippen LogP contribution is 2.19. The van der Waals surface area contributed by atoms with Crippen molar-refractivity contribution in [2.75, 3.05) is 6.61 Å². The Morgan fingerprint density at radius 1 is 1.07 bits per heavy atom. The average Bonchev–Trinajstić information content (AvgIpc) is 2.63. The molecule has 12 heteroatoms. The normalized spacial score (nSPS) is 28.7.